The van der Waals surface area contributed by atoms with Crippen LogP contribution in [0.1, 0.15) is 18.1 Å². The van der Waals surface area contributed by atoms with Crippen molar-refractivity contribution in [2.45, 2.75) is 19.9 Å². The molecule has 0 radical (unpaired) electrons. The fraction of sp³-hybridized carbons (Fsp3) is 0.214. The Balaban J connectivity index is 2.26. The fourth-order valence-electron chi connectivity index (χ4n) is 1.64. The number of aromatic nitrogens is 1. The van der Waals surface area contributed by atoms with Gasteiger partial charge in [-0.25, -0.2) is 10.4 Å². The third-order valence-electron chi connectivity index (χ3n) is 2.78. The lowest BCUT2D eigenvalue weighted by Gasteiger charge is -2.03. The van der Waals surface area contributed by atoms with Gasteiger partial charge in [0, 0.05) is 10.9 Å². The number of nitrogens with zero attached hydrogens (tertiary/aromatic N) is 2. The lowest BCUT2D eigenvalue weighted by Crippen LogP contribution is -2.65. The first-order valence-corrected chi connectivity index (χ1v) is 6.58. The number of amides is 1. The summed E-state index contributed by atoms with van der Waals surface area (Å²) in [5, 5.41) is 5.18. The molecule has 1 unspecified atom stereocenters. The smallest absolute Gasteiger partial charge is 0.297 e. The van der Waals surface area contributed by atoms with Crippen LogP contribution in [-0.4, -0.2) is 23.1 Å². The predicted molar refractivity (Wildman–Crippen MR) is 79.6 cm³/mol. The van der Waals surface area contributed by atoms with Gasteiger partial charge in [-0.3, -0.25) is 4.79 Å². The molecule has 1 heterocycles. The monoisotopic (exact) mass is 291 g/mol. The molecule has 1 aromatic heterocycles. The van der Waals surface area contributed by atoms with E-state index >= 15 is 0 Å². The number of hydrogen-bond acceptors (Lipinski definition) is 3. The normalized spacial score (nSPS) is 12.8. The molecule has 104 valence electrons. The molecule has 0 spiro atoms. The van der Waals surface area contributed by atoms with Crippen LogP contribution in [0, 0.1) is 6.92 Å². The number of nitrogens with one attached hydrogen (secondary N) is 1. The van der Waals surface area contributed by atoms with Crippen LogP contribution in [0.3, 0.4) is 0 Å². The quantitative estimate of drug-likeness (QED) is 0.507. The summed E-state index contributed by atoms with van der Waals surface area (Å²) >= 11 is 6.11. The number of halogens is 1. The molecule has 20 heavy (non-hydrogen) atoms. The second kappa shape index (κ2) is 5.98. The Morgan fingerprint density at radius 3 is 2.95 bits per heavy atom. The van der Waals surface area contributed by atoms with Gasteiger partial charge in [-0.15, -0.1) is 0 Å². The van der Waals surface area contributed by atoms with Crippen LogP contribution in [0.15, 0.2) is 29.4 Å². The van der Waals surface area contributed by atoms with Crippen LogP contribution in [0.5, 0.6) is 0 Å². The zero-order valence-corrected chi connectivity index (χ0v) is 12.1. The number of rotatable bonds is 3. The third-order valence-corrected chi connectivity index (χ3v) is 3.08. The van der Waals surface area contributed by atoms with Crippen molar-refractivity contribution < 1.29 is 10.5 Å². The summed E-state index contributed by atoms with van der Waals surface area (Å²) in [6.07, 6.45) is 1.48. The highest BCUT2D eigenvalue weighted by Crippen LogP contribution is 2.20. The first kappa shape index (κ1) is 14.4. The Morgan fingerprint density at radius 2 is 2.25 bits per heavy atom. The molecule has 0 saturated carbocycles. The second-order valence-electron chi connectivity index (χ2n) is 4.70. The number of hydrazone groups is 1. The standard InChI is InChI=1S/C14H15ClN4O/c1-8-3-4-10-6-11(13(15)18-12(10)5-8)7-17-19-14(20)9(2)16/h3-7,9H,16H2,1-2H3,(H,19,20)/p+1. The van der Waals surface area contributed by atoms with E-state index in [-0.39, 0.29) is 11.9 Å². The Kier molecular flexibility index (Phi) is 4.32. The maximum absolute atomic E-state index is 11.3. The summed E-state index contributed by atoms with van der Waals surface area (Å²) in [6, 6.07) is 7.47. The molecule has 1 atom stereocenters. The molecule has 0 aliphatic heterocycles. The van der Waals surface area contributed by atoms with Crippen LogP contribution in [0.2, 0.25) is 5.15 Å². The molecule has 4 N–H and O–H groups in total. The van der Waals surface area contributed by atoms with Crippen molar-refractivity contribution in [3.05, 3.63) is 40.5 Å². The van der Waals surface area contributed by atoms with Gasteiger partial charge < -0.3 is 5.73 Å². The number of hydrogen-bond donors (Lipinski definition) is 2. The lowest BCUT2D eigenvalue weighted by molar-refractivity contribution is -0.398. The van der Waals surface area contributed by atoms with Gasteiger partial charge in [-0.05, 0) is 31.5 Å². The van der Waals surface area contributed by atoms with Gasteiger partial charge in [0.25, 0.3) is 5.91 Å². The molecule has 1 aromatic carbocycles. The molecule has 0 saturated heterocycles. The summed E-state index contributed by atoms with van der Waals surface area (Å²) in [6.45, 7) is 3.69. The number of carbonyl (C=O) groups excluding carboxylic acids is 1. The molecular formula is C14H16ClN4O+. The van der Waals surface area contributed by atoms with E-state index in [0.29, 0.717) is 10.7 Å². The molecule has 6 heteroatoms. The first-order chi connectivity index (χ1) is 9.47. The Morgan fingerprint density at radius 1 is 1.50 bits per heavy atom. The minimum atomic E-state index is -0.361. The van der Waals surface area contributed by atoms with E-state index in [0.717, 1.165) is 16.5 Å². The fourth-order valence-corrected chi connectivity index (χ4v) is 1.83. The zero-order chi connectivity index (χ0) is 14.7. The van der Waals surface area contributed by atoms with Gasteiger partial charge in [0.05, 0.1) is 11.7 Å². The summed E-state index contributed by atoms with van der Waals surface area (Å²) < 4.78 is 0. The second-order valence-corrected chi connectivity index (χ2v) is 5.06. The topological polar surface area (TPSA) is 82.0 Å². The SMILES string of the molecule is Cc1ccc2cc(C=NNC(=O)C(C)[NH3+])c(Cl)nc2c1. The molecular weight excluding hydrogens is 276 g/mol. The van der Waals surface area contributed by atoms with Crippen LogP contribution < -0.4 is 11.2 Å². The van der Waals surface area contributed by atoms with Crippen molar-refractivity contribution in [1.29, 1.82) is 0 Å². The summed E-state index contributed by atoms with van der Waals surface area (Å²) in [5.41, 5.74) is 8.62. The van der Waals surface area contributed by atoms with E-state index in [2.05, 4.69) is 21.2 Å². The Hall–Kier alpha value is -1.98. The van der Waals surface area contributed by atoms with Crippen molar-refractivity contribution in [3.63, 3.8) is 0 Å². The van der Waals surface area contributed by atoms with Crippen molar-refractivity contribution in [3.8, 4) is 0 Å². The van der Waals surface area contributed by atoms with E-state index in [1.807, 2.05) is 31.2 Å². The molecule has 2 aromatic rings. The summed E-state index contributed by atoms with van der Waals surface area (Å²) in [4.78, 5) is 15.7. The van der Waals surface area contributed by atoms with Crippen molar-refractivity contribution >= 4 is 34.6 Å². The zero-order valence-electron chi connectivity index (χ0n) is 11.4. The maximum atomic E-state index is 11.3. The molecule has 0 fully saturated rings. The molecule has 0 aliphatic carbocycles. The number of benzene rings is 1. The number of fused-ring (bicyclic) bond motifs is 1. The van der Waals surface area contributed by atoms with E-state index in [1.54, 1.807) is 6.92 Å². The van der Waals surface area contributed by atoms with Crippen LogP contribution in [0.25, 0.3) is 10.9 Å². The summed E-state index contributed by atoms with van der Waals surface area (Å²) in [7, 11) is 0. The van der Waals surface area contributed by atoms with Gasteiger partial charge in [0.15, 0.2) is 6.04 Å². The van der Waals surface area contributed by atoms with E-state index in [1.165, 1.54) is 6.21 Å². The van der Waals surface area contributed by atoms with Crippen LogP contribution in [0.4, 0.5) is 0 Å². The van der Waals surface area contributed by atoms with Crippen molar-refractivity contribution in [1.82, 2.24) is 10.4 Å². The van der Waals surface area contributed by atoms with Crippen molar-refractivity contribution in [2.75, 3.05) is 0 Å². The van der Waals surface area contributed by atoms with Gasteiger partial charge >= 0.3 is 0 Å². The maximum Gasteiger partial charge on any atom is 0.297 e. The lowest BCUT2D eigenvalue weighted by atomic mass is 10.1. The number of aryl methyl sites for hydroxylation is 1. The number of pyridine rings is 1. The van der Waals surface area contributed by atoms with E-state index in [9.17, 15) is 4.79 Å². The first-order valence-electron chi connectivity index (χ1n) is 6.20. The van der Waals surface area contributed by atoms with Crippen LogP contribution >= 0.6 is 11.6 Å². The highest BCUT2D eigenvalue weighted by molar-refractivity contribution is 6.32. The molecule has 5 nitrogen and oxygen atoms in total. The summed E-state index contributed by atoms with van der Waals surface area (Å²) in [5.74, 6) is -0.248. The van der Waals surface area contributed by atoms with Gasteiger partial charge in [-0.2, -0.15) is 5.10 Å². The minimum Gasteiger partial charge on any atom is -0.348 e. The average molecular weight is 292 g/mol. The highest BCUT2D eigenvalue weighted by atomic mass is 35.5. The minimum absolute atomic E-state index is 0.248. The number of quaternary nitrogens is 1. The molecule has 0 aliphatic rings. The van der Waals surface area contributed by atoms with Gasteiger partial charge in [-0.1, -0.05) is 23.7 Å². The molecule has 2 rings (SSSR count). The van der Waals surface area contributed by atoms with Crippen molar-refractivity contribution in [2.24, 2.45) is 5.10 Å². The van der Waals surface area contributed by atoms with E-state index < -0.39 is 0 Å². The predicted octanol–water partition coefficient (Wildman–Crippen LogP) is 1.28. The number of carbonyl (C=O) groups is 1. The third kappa shape index (κ3) is 3.31. The molecule has 1 amide bonds. The Bertz CT molecular complexity index is 682. The molecule has 0 bridgehead atoms. The highest BCUT2D eigenvalue weighted by Gasteiger charge is 2.08. The average Bonchev–Trinajstić information content (AvgIpc) is 2.39. The Labute approximate surface area is 121 Å². The van der Waals surface area contributed by atoms with Gasteiger partial charge in [0.2, 0.25) is 0 Å². The largest absolute Gasteiger partial charge is 0.348 e. The van der Waals surface area contributed by atoms with E-state index in [4.69, 9.17) is 11.6 Å². The van der Waals surface area contributed by atoms with Gasteiger partial charge in [0.1, 0.15) is 5.15 Å². The van der Waals surface area contributed by atoms with Crippen LogP contribution in [-0.2, 0) is 4.79 Å².